The van der Waals surface area contributed by atoms with Crippen LogP contribution in [0.1, 0.15) is 20.8 Å². The Hall–Kier alpha value is -0.860. The van der Waals surface area contributed by atoms with E-state index in [9.17, 15) is 0 Å². The average Bonchev–Trinajstić information content (AvgIpc) is 2.37. The Morgan fingerprint density at radius 3 is 1.53 bits per heavy atom. The first-order valence-corrected chi connectivity index (χ1v) is 6.48. The summed E-state index contributed by atoms with van der Waals surface area (Å²) in [6.07, 6.45) is 9.51. The van der Waals surface area contributed by atoms with Crippen LogP contribution >= 0.6 is 0 Å². The Bertz CT molecular complexity index is 189. The van der Waals surface area contributed by atoms with Crippen molar-refractivity contribution in [3.05, 3.63) is 37.0 Å². The molecule has 0 aliphatic carbocycles. The van der Waals surface area contributed by atoms with Crippen molar-refractivity contribution in [1.82, 2.24) is 9.80 Å². The molecule has 2 nitrogen and oxygen atoms in total. The number of piperazine rings is 1. The zero-order valence-electron chi connectivity index (χ0n) is 12.3. The van der Waals surface area contributed by atoms with Crippen LogP contribution in [0, 0.1) is 0 Å². The van der Waals surface area contributed by atoms with Gasteiger partial charge in [0.25, 0.3) is 0 Å². The lowest BCUT2D eigenvalue weighted by molar-refractivity contribution is 0.181. The lowest BCUT2D eigenvalue weighted by Gasteiger charge is -2.28. The minimum atomic E-state index is 1.23. The van der Waals surface area contributed by atoms with Crippen molar-refractivity contribution < 1.29 is 0 Å². The largest absolute Gasteiger partial charge is 0.304 e. The second-order valence-electron chi connectivity index (χ2n) is 3.75. The van der Waals surface area contributed by atoms with E-state index in [0.29, 0.717) is 0 Å². The minimum Gasteiger partial charge on any atom is -0.304 e. The molecule has 2 heteroatoms. The zero-order valence-corrected chi connectivity index (χ0v) is 12.3. The lowest BCUT2D eigenvalue weighted by Crippen LogP contribution is -2.42. The van der Waals surface area contributed by atoms with Crippen molar-refractivity contribution in [1.29, 1.82) is 0 Å². The standard InChI is InChI=1S/C7H10.C6H14N2.C2H6/c1-3-5-7-6-4-2;1-7-3-5-8(2)6-4-7;1-2/h3-7H,1H2,2H3;3-6H2,1-2H3;1-2H3/b6-4-,7-5-;;. The van der Waals surface area contributed by atoms with Gasteiger partial charge < -0.3 is 9.80 Å². The van der Waals surface area contributed by atoms with Gasteiger partial charge in [-0.1, -0.05) is 50.8 Å². The molecule has 1 rings (SSSR count). The van der Waals surface area contributed by atoms with Crippen LogP contribution in [0.4, 0.5) is 0 Å². The van der Waals surface area contributed by atoms with Gasteiger partial charge in [0.15, 0.2) is 0 Å². The third kappa shape index (κ3) is 15.1. The Balaban J connectivity index is 0. The average molecular weight is 238 g/mol. The molecule has 17 heavy (non-hydrogen) atoms. The fourth-order valence-corrected chi connectivity index (χ4v) is 1.16. The van der Waals surface area contributed by atoms with E-state index in [2.05, 4.69) is 30.5 Å². The van der Waals surface area contributed by atoms with E-state index >= 15 is 0 Å². The SMILES string of the molecule is C=C/C=C\C=C/C.CC.CN1CCN(C)CC1. The smallest absolute Gasteiger partial charge is 0.0107 e. The van der Waals surface area contributed by atoms with E-state index in [1.54, 1.807) is 6.08 Å². The number of likely N-dealkylation sites (N-methyl/N-ethyl adjacent to an activating group) is 2. The van der Waals surface area contributed by atoms with Crippen LogP contribution in [-0.2, 0) is 0 Å². The van der Waals surface area contributed by atoms with Crippen LogP contribution in [0.25, 0.3) is 0 Å². The highest BCUT2D eigenvalue weighted by atomic mass is 15.2. The van der Waals surface area contributed by atoms with Gasteiger partial charge in [0.05, 0.1) is 0 Å². The number of hydrogen-bond acceptors (Lipinski definition) is 2. The van der Waals surface area contributed by atoms with Gasteiger partial charge >= 0.3 is 0 Å². The van der Waals surface area contributed by atoms with Gasteiger partial charge in [-0.2, -0.15) is 0 Å². The summed E-state index contributed by atoms with van der Waals surface area (Å²) in [7, 11) is 4.35. The highest BCUT2D eigenvalue weighted by molar-refractivity contribution is 5.07. The fraction of sp³-hybridized carbons (Fsp3) is 0.600. The minimum absolute atomic E-state index is 1.23. The Kier molecular flexibility index (Phi) is 16.5. The van der Waals surface area contributed by atoms with E-state index in [4.69, 9.17) is 0 Å². The highest BCUT2D eigenvalue weighted by Crippen LogP contribution is 1.93. The monoisotopic (exact) mass is 238 g/mol. The molecule has 1 aliphatic heterocycles. The lowest BCUT2D eigenvalue weighted by atomic mass is 10.4. The first-order valence-electron chi connectivity index (χ1n) is 6.48. The molecule has 0 radical (unpaired) electrons. The van der Waals surface area contributed by atoms with Crippen LogP contribution in [0.5, 0.6) is 0 Å². The van der Waals surface area contributed by atoms with Gasteiger partial charge in [-0.3, -0.25) is 0 Å². The molecule has 0 N–H and O–H groups in total. The molecule has 1 heterocycles. The first-order chi connectivity index (χ1) is 8.20. The molecule has 0 saturated carbocycles. The van der Waals surface area contributed by atoms with Gasteiger partial charge in [0, 0.05) is 26.2 Å². The maximum absolute atomic E-state index is 3.51. The van der Waals surface area contributed by atoms with Crippen LogP contribution < -0.4 is 0 Å². The molecule has 1 saturated heterocycles. The Morgan fingerprint density at radius 1 is 0.824 bits per heavy atom. The Labute approximate surface area is 108 Å². The number of hydrogen-bond donors (Lipinski definition) is 0. The molecule has 1 fully saturated rings. The summed E-state index contributed by atoms with van der Waals surface area (Å²) in [4.78, 5) is 4.72. The van der Waals surface area contributed by atoms with Crippen molar-refractivity contribution in [2.75, 3.05) is 40.3 Å². The predicted molar refractivity (Wildman–Crippen MR) is 80.5 cm³/mol. The normalized spacial score (nSPS) is 17.2. The summed E-state index contributed by atoms with van der Waals surface area (Å²) in [6, 6.07) is 0. The van der Waals surface area contributed by atoms with Crippen LogP contribution in [0.2, 0.25) is 0 Å². The molecule has 0 atom stereocenters. The third-order valence-corrected chi connectivity index (χ3v) is 2.28. The van der Waals surface area contributed by atoms with Crippen LogP contribution in [0.3, 0.4) is 0 Å². The van der Waals surface area contributed by atoms with Crippen LogP contribution in [-0.4, -0.2) is 50.1 Å². The third-order valence-electron chi connectivity index (χ3n) is 2.28. The van der Waals surface area contributed by atoms with E-state index in [-0.39, 0.29) is 0 Å². The summed E-state index contributed by atoms with van der Waals surface area (Å²) in [5, 5.41) is 0. The molecule has 100 valence electrons. The number of nitrogens with zero attached hydrogens (tertiary/aromatic N) is 2. The topological polar surface area (TPSA) is 6.48 Å². The van der Waals surface area contributed by atoms with Crippen molar-refractivity contribution in [2.24, 2.45) is 0 Å². The fourth-order valence-electron chi connectivity index (χ4n) is 1.16. The quantitative estimate of drug-likeness (QED) is 0.682. The molecule has 0 amide bonds. The number of allylic oxidation sites excluding steroid dienone is 5. The van der Waals surface area contributed by atoms with Gasteiger partial charge in [0.1, 0.15) is 0 Å². The summed E-state index contributed by atoms with van der Waals surface area (Å²) in [5.41, 5.74) is 0. The van der Waals surface area contributed by atoms with E-state index in [1.807, 2.05) is 45.1 Å². The maximum Gasteiger partial charge on any atom is 0.0107 e. The second-order valence-corrected chi connectivity index (χ2v) is 3.75. The van der Waals surface area contributed by atoms with Crippen molar-refractivity contribution in [3.8, 4) is 0 Å². The van der Waals surface area contributed by atoms with E-state index in [1.165, 1.54) is 26.2 Å². The van der Waals surface area contributed by atoms with Crippen molar-refractivity contribution in [2.45, 2.75) is 20.8 Å². The summed E-state index contributed by atoms with van der Waals surface area (Å²) in [5.74, 6) is 0. The molecular formula is C15H30N2. The molecule has 0 spiro atoms. The predicted octanol–water partition coefficient (Wildman–Crippen LogP) is 3.19. The van der Waals surface area contributed by atoms with Crippen LogP contribution in [0.15, 0.2) is 37.0 Å². The molecule has 0 aromatic heterocycles. The van der Waals surface area contributed by atoms with Crippen molar-refractivity contribution in [3.63, 3.8) is 0 Å². The first kappa shape index (κ1) is 18.5. The second kappa shape index (κ2) is 15.1. The highest BCUT2D eigenvalue weighted by Gasteiger charge is 2.07. The molecule has 0 bridgehead atoms. The maximum atomic E-state index is 3.51. The molecule has 1 aliphatic rings. The molecule has 0 aromatic carbocycles. The van der Waals surface area contributed by atoms with E-state index in [0.717, 1.165) is 0 Å². The zero-order chi connectivity index (χ0) is 13.5. The molecule has 0 aromatic rings. The van der Waals surface area contributed by atoms with Gasteiger partial charge in [-0.05, 0) is 21.0 Å². The summed E-state index contributed by atoms with van der Waals surface area (Å²) < 4.78 is 0. The Morgan fingerprint density at radius 2 is 1.24 bits per heavy atom. The van der Waals surface area contributed by atoms with Gasteiger partial charge in [0.2, 0.25) is 0 Å². The molecule has 0 unspecified atom stereocenters. The summed E-state index contributed by atoms with van der Waals surface area (Å²) >= 11 is 0. The molecular weight excluding hydrogens is 208 g/mol. The van der Waals surface area contributed by atoms with Crippen molar-refractivity contribution >= 4 is 0 Å². The van der Waals surface area contributed by atoms with Gasteiger partial charge in [-0.25, -0.2) is 0 Å². The summed E-state index contributed by atoms with van der Waals surface area (Å²) in [6.45, 7) is 14.4. The number of rotatable bonds is 2. The van der Waals surface area contributed by atoms with E-state index < -0.39 is 0 Å². The van der Waals surface area contributed by atoms with Gasteiger partial charge in [-0.15, -0.1) is 0 Å².